The molecule has 0 amide bonds. The van der Waals surface area contributed by atoms with Gasteiger partial charge in [0, 0.05) is 14.1 Å². The maximum atomic E-state index is 11.1. The summed E-state index contributed by atoms with van der Waals surface area (Å²) in [4.78, 5) is 11.1. The number of ether oxygens (including phenoxy) is 1. The van der Waals surface area contributed by atoms with Gasteiger partial charge < -0.3 is 9.84 Å². The van der Waals surface area contributed by atoms with E-state index in [2.05, 4.69) is 10.2 Å². The molecule has 0 saturated heterocycles. The molecule has 2 heterocycles. The summed E-state index contributed by atoms with van der Waals surface area (Å²) >= 11 is 0. The SMILES string of the molecule is Cc1nn(C)c(Oc2cnn(C)c2)c1C(=O)O. The van der Waals surface area contributed by atoms with E-state index in [1.165, 1.54) is 10.9 Å². The zero-order valence-corrected chi connectivity index (χ0v) is 9.71. The quantitative estimate of drug-likeness (QED) is 0.858. The fourth-order valence-corrected chi connectivity index (χ4v) is 1.56. The van der Waals surface area contributed by atoms with Crippen LogP contribution >= 0.6 is 0 Å². The number of hydrogen-bond acceptors (Lipinski definition) is 4. The Morgan fingerprint density at radius 1 is 1.47 bits per heavy atom. The molecule has 0 spiro atoms. The smallest absolute Gasteiger partial charge is 0.343 e. The summed E-state index contributed by atoms with van der Waals surface area (Å²) < 4.78 is 8.44. The Kier molecular flexibility index (Phi) is 2.58. The number of nitrogens with zero attached hydrogens (tertiary/aromatic N) is 4. The third-order valence-corrected chi connectivity index (χ3v) is 2.28. The van der Waals surface area contributed by atoms with Gasteiger partial charge in [-0.15, -0.1) is 0 Å². The third kappa shape index (κ3) is 1.99. The lowest BCUT2D eigenvalue weighted by Gasteiger charge is -2.03. The standard InChI is InChI=1S/C10H12N4O3/c1-6-8(10(15)16)9(14(3)12-6)17-7-4-11-13(2)5-7/h4-5H,1-3H3,(H,15,16). The van der Waals surface area contributed by atoms with Crippen molar-refractivity contribution in [3.63, 3.8) is 0 Å². The molecule has 0 atom stereocenters. The van der Waals surface area contributed by atoms with Crippen molar-refractivity contribution < 1.29 is 14.6 Å². The van der Waals surface area contributed by atoms with Gasteiger partial charge in [0.1, 0.15) is 5.56 Å². The van der Waals surface area contributed by atoms with Crippen molar-refractivity contribution in [2.75, 3.05) is 0 Å². The highest BCUT2D eigenvalue weighted by Gasteiger charge is 2.21. The minimum atomic E-state index is -1.06. The van der Waals surface area contributed by atoms with Gasteiger partial charge in [-0.3, -0.25) is 4.68 Å². The average molecular weight is 236 g/mol. The van der Waals surface area contributed by atoms with Gasteiger partial charge in [0.05, 0.1) is 18.1 Å². The van der Waals surface area contributed by atoms with Gasteiger partial charge in [-0.05, 0) is 6.92 Å². The Bertz CT molecular complexity index is 570. The highest BCUT2D eigenvalue weighted by atomic mass is 16.5. The van der Waals surface area contributed by atoms with Gasteiger partial charge in [-0.1, -0.05) is 0 Å². The number of carboxylic acid groups (broad SMARTS) is 1. The van der Waals surface area contributed by atoms with Gasteiger partial charge >= 0.3 is 5.97 Å². The van der Waals surface area contributed by atoms with Gasteiger partial charge in [-0.25, -0.2) is 9.48 Å². The van der Waals surface area contributed by atoms with Crippen LogP contribution in [0.5, 0.6) is 11.6 Å². The molecule has 0 aliphatic carbocycles. The lowest BCUT2D eigenvalue weighted by molar-refractivity contribution is 0.0693. The normalized spacial score (nSPS) is 10.5. The first-order chi connectivity index (χ1) is 7.99. The largest absolute Gasteiger partial charge is 0.477 e. The number of aromatic nitrogens is 4. The van der Waals surface area contributed by atoms with Crippen molar-refractivity contribution in [1.82, 2.24) is 19.6 Å². The second kappa shape index (κ2) is 3.93. The number of rotatable bonds is 3. The Hall–Kier alpha value is -2.31. The first kappa shape index (κ1) is 11.2. The van der Waals surface area contributed by atoms with E-state index in [9.17, 15) is 4.79 Å². The van der Waals surface area contributed by atoms with Crippen LogP contribution in [0.3, 0.4) is 0 Å². The summed E-state index contributed by atoms with van der Waals surface area (Å²) in [6.07, 6.45) is 3.15. The molecule has 17 heavy (non-hydrogen) atoms. The van der Waals surface area contributed by atoms with Crippen molar-refractivity contribution >= 4 is 5.97 Å². The lowest BCUT2D eigenvalue weighted by atomic mass is 10.2. The molecule has 0 radical (unpaired) electrons. The van der Waals surface area contributed by atoms with Crippen molar-refractivity contribution in [3.8, 4) is 11.6 Å². The predicted octanol–water partition coefficient (Wildman–Crippen LogP) is 0.953. The van der Waals surface area contributed by atoms with Crippen LogP contribution in [0.2, 0.25) is 0 Å². The molecule has 0 aromatic carbocycles. The molecule has 2 rings (SSSR count). The second-order valence-electron chi connectivity index (χ2n) is 3.65. The predicted molar refractivity (Wildman–Crippen MR) is 58.2 cm³/mol. The van der Waals surface area contributed by atoms with E-state index in [1.807, 2.05) is 0 Å². The number of aryl methyl sites for hydroxylation is 3. The maximum absolute atomic E-state index is 11.1. The van der Waals surface area contributed by atoms with Crippen LogP contribution in [0.1, 0.15) is 16.1 Å². The first-order valence-electron chi connectivity index (χ1n) is 4.92. The molecule has 90 valence electrons. The minimum absolute atomic E-state index is 0.0661. The van der Waals surface area contributed by atoms with Gasteiger partial charge in [0.25, 0.3) is 0 Å². The van der Waals surface area contributed by atoms with Gasteiger partial charge in [-0.2, -0.15) is 10.2 Å². The monoisotopic (exact) mass is 236 g/mol. The summed E-state index contributed by atoms with van der Waals surface area (Å²) in [6, 6.07) is 0. The number of carbonyl (C=O) groups is 1. The van der Waals surface area contributed by atoms with Crippen LogP contribution < -0.4 is 4.74 Å². The van der Waals surface area contributed by atoms with Crippen LogP contribution in [0.25, 0.3) is 0 Å². The van der Waals surface area contributed by atoms with E-state index in [4.69, 9.17) is 9.84 Å². The van der Waals surface area contributed by atoms with Crippen LogP contribution in [0, 0.1) is 6.92 Å². The second-order valence-corrected chi connectivity index (χ2v) is 3.65. The topological polar surface area (TPSA) is 82.2 Å². The van der Waals surface area contributed by atoms with E-state index >= 15 is 0 Å². The molecular formula is C10H12N4O3. The number of aromatic carboxylic acids is 1. The van der Waals surface area contributed by atoms with Crippen molar-refractivity contribution in [2.24, 2.45) is 14.1 Å². The molecule has 2 aromatic heterocycles. The fourth-order valence-electron chi connectivity index (χ4n) is 1.56. The molecule has 0 aliphatic heterocycles. The molecule has 0 fully saturated rings. The lowest BCUT2D eigenvalue weighted by Crippen LogP contribution is -2.01. The average Bonchev–Trinajstić information content (AvgIpc) is 2.72. The third-order valence-electron chi connectivity index (χ3n) is 2.28. The number of carboxylic acids is 1. The van der Waals surface area contributed by atoms with E-state index in [-0.39, 0.29) is 11.4 Å². The van der Waals surface area contributed by atoms with Crippen LogP contribution in [0.15, 0.2) is 12.4 Å². The van der Waals surface area contributed by atoms with Crippen molar-refractivity contribution in [3.05, 3.63) is 23.7 Å². The van der Waals surface area contributed by atoms with E-state index < -0.39 is 5.97 Å². The molecule has 2 aromatic rings. The zero-order chi connectivity index (χ0) is 12.6. The highest BCUT2D eigenvalue weighted by Crippen LogP contribution is 2.26. The van der Waals surface area contributed by atoms with Crippen LogP contribution in [0.4, 0.5) is 0 Å². The van der Waals surface area contributed by atoms with E-state index in [0.29, 0.717) is 11.4 Å². The summed E-state index contributed by atoms with van der Waals surface area (Å²) in [7, 11) is 3.38. The summed E-state index contributed by atoms with van der Waals surface area (Å²) in [5.74, 6) is -0.393. The Balaban J connectivity index is 2.41. The Labute approximate surface area is 97.2 Å². The van der Waals surface area contributed by atoms with Crippen molar-refractivity contribution in [1.29, 1.82) is 0 Å². The maximum Gasteiger partial charge on any atom is 0.343 e. The Morgan fingerprint density at radius 2 is 2.18 bits per heavy atom. The van der Waals surface area contributed by atoms with Crippen LogP contribution in [-0.2, 0) is 14.1 Å². The molecule has 1 N–H and O–H groups in total. The van der Waals surface area contributed by atoms with E-state index in [1.54, 1.807) is 31.9 Å². The molecule has 7 nitrogen and oxygen atoms in total. The number of hydrogen-bond donors (Lipinski definition) is 1. The van der Waals surface area contributed by atoms with Gasteiger partial charge in [0.2, 0.25) is 5.88 Å². The molecule has 0 bridgehead atoms. The summed E-state index contributed by atoms with van der Waals surface area (Å²) in [5.41, 5.74) is 0.482. The highest BCUT2D eigenvalue weighted by molar-refractivity contribution is 5.91. The molecule has 7 heteroatoms. The molecule has 0 unspecified atom stereocenters. The van der Waals surface area contributed by atoms with Gasteiger partial charge in [0.15, 0.2) is 5.75 Å². The van der Waals surface area contributed by atoms with E-state index in [0.717, 1.165) is 0 Å². The molecule has 0 aliphatic rings. The summed E-state index contributed by atoms with van der Waals surface area (Å²) in [5, 5.41) is 17.0. The molecule has 0 saturated carbocycles. The zero-order valence-electron chi connectivity index (χ0n) is 9.71. The molecular weight excluding hydrogens is 224 g/mol. The summed E-state index contributed by atoms with van der Waals surface area (Å²) in [6.45, 7) is 1.62. The van der Waals surface area contributed by atoms with Crippen LogP contribution in [-0.4, -0.2) is 30.6 Å². The fraction of sp³-hybridized carbons (Fsp3) is 0.300. The van der Waals surface area contributed by atoms with Crippen molar-refractivity contribution in [2.45, 2.75) is 6.92 Å². The first-order valence-corrected chi connectivity index (χ1v) is 4.92. The minimum Gasteiger partial charge on any atom is -0.477 e. The Morgan fingerprint density at radius 3 is 2.71 bits per heavy atom.